The first kappa shape index (κ1) is 18.7. The fraction of sp³-hybridized carbons (Fsp3) is 0.462. The van der Waals surface area contributed by atoms with Gasteiger partial charge in [-0.2, -0.15) is 0 Å². The lowest BCUT2D eigenvalue weighted by molar-refractivity contribution is -0.306. The Morgan fingerprint density at radius 2 is 2.26 bits per heavy atom. The van der Waals surface area contributed by atoms with Crippen molar-refractivity contribution in [1.29, 1.82) is 0 Å². The van der Waals surface area contributed by atoms with Crippen molar-refractivity contribution in [2.45, 2.75) is 31.0 Å². The molecule has 3 N–H and O–H groups in total. The van der Waals surface area contributed by atoms with Gasteiger partial charge in [0.1, 0.15) is 12.6 Å². The summed E-state index contributed by atoms with van der Waals surface area (Å²) in [5, 5.41) is 6.80. The van der Waals surface area contributed by atoms with E-state index in [0.29, 0.717) is 5.23 Å². The fourth-order valence-corrected chi connectivity index (χ4v) is 2.91. The molecule has 2 unspecified atom stereocenters. The maximum Gasteiger partial charge on any atom is 0.375 e. The van der Waals surface area contributed by atoms with E-state index in [1.807, 2.05) is 0 Å². The van der Waals surface area contributed by atoms with Crippen molar-refractivity contribution in [1.82, 2.24) is 15.5 Å². The Labute approximate surface area is 154 Å². The van der Waals surface area contributed by atoms with Crippen molar-refractivity contribution in [2.24, 2.45) is 5.18 Å². The number of hydrogen-bond donors (Lipinski definition) is 2. The highest BCUT2D eigenvalue weighted by Gasteiger charge is 2.41. The van der Waals surface area contributed by atoms with Gasteiger partial charge in [-0.15, -0.1) is 16.2 Å². The number of hydroxylamine groups is 2. The molecule has 27 heavy (non-hydrogen) atoms. The third-order valence-electron chi connectivity index (χ3n) is 3.65. The SMILES string of the molecule is Nc1nc(C(N=O)C(=O)N[C@H]2CON(OC(=O)C3CCC(=O)O3)C2=O)cs1. The highest BCUT2D eigenvalue weighted by atomic mass is 32.1. The standard InChI is InChI=1S/C13H13N5O8S/c14-13-16-6(4-27-13)9(17-23)10(20)15-5-3-24-18(11(5)21)26-12(22)7-1-2-8(19)25-7/h4-5,7,9H,1-3H2,(H2,14,16)(H,15,20)/t5-,7?,9?/m0/s1. The van der Waals surface area contributed by atoms with Crippen molar-refractivity contribution < 1.29 is 33.6 Å². The molecule has 0 bridgehead atoms. The summed E-state index contributed by atoms with van der Waals surface area (Å²) in [6.07, 6.45) is -0.932. The first-order chi connectivity index (χ1) is 12.9. The minimum atomic E-state index is -1.50. The van der Waals surface area contributed by atoms with E-state index in [9.17, 15) is 24.1 Å². The molecule has 2 amide bonds. The van der Waals surface area contributed by atoms with Gasteiger partial charge in [-0.3, -0.25) is 14.4 Å². The molecule has 13 nitrogen and oxygen atoms in total. The highest BCUT2D eigenvalue weighted by molar-refractivity contribution is 7.13. The predicted octanol–water partition coefficient (Wildman–Crippen LogP) is -1.04. The first-order valence-corrected chi connectivity index (χ1v) is 8.49. The second-order valence-corrected chi connectivity index (χ2v) is 6.39. The molecule has 3 atom stereocenters. The van der Waals surface area contributed by atoms with E-state index in [4.69, 9.17) is 20.1 Å². The first-order valence-electron chi connectivity index (χ1n) is 7.61. The molecule has 2 aliphatic heterocycles. The Kier molecular flexibility index (Phi) is 5.27. The molecule has 2 fully saturated rings. The molecular weight excluding hydrogens is 386 g/mol. The van der Waals surface area contributed by atoms with Gasteiger partial charge in [0.05, 0.1) is 5.69 Å². The molecule has 1 aromatic rings. The number of anilines is 1. The van der Waals surface area contributed by atoms with Crippen molar-refractivity contribution in [2.75, 3.05) is 12.3 Å². The molecule has 144 valence electrons. The third kappa shape index (κ3) is 4.01. The molecule has 1 aromatic heterocycles. The second-order valence-electron chi connectivity index (χ2n) is 5.50. The number of aromatic nitrogens is 1. The number of carbonyl (C=O) groups is 4. The highest BCUT2D eigenvalue weighted by Crippen LogP contribution is 2.22. The number of nitrogen functional groups attached to an aromatic ring is 1. The average Bonchev–Trinajstić information content (AvgIpc) is 3.33. The number of rotatable bonds is 6. The zero-order valence-corrected chi connectivity index (χ0v) is 14.3. The maximum absolute atomic E-state index is 12.2. The van der Waals surface area contributed by atoms with E-state index in [2.05, 4.69) is 15.5 Å². The van der Waals surface area contributed by atoms with E-state index in [0.717, 1.165) is 11.3 Å². The van der Waals surface area contributed by atoms with Crippen LogP contribution < -0.4 is 11.1 Å². The third-order valence-corrected chi connectivity index (χ3v) is 4.34. The van der Waals surface area contributed by atoms with Gasteiger partial charge in [-0.25, -0.2) is 14.6 Å². The zero-order chi connectivity index (χ0) is 19.6. The van der Waals surface area contributed by atoms with Crippen LogP contribution >= 0.6 is 11.3 Å². The van der Waals surface area contributed by atoms with Crippen molar-refractivity contribution in [3.63, 3.8) is 0 Å². The molecule has 0 spiro atoms. The van der Waals surface area contributed by atoms with Crippen LogP contribution in [0.4, 0.5) is 5.13 Å². The number of nitrogens with zero attached hydrogens (tertiary/aromatic N) is 3. The van der Waals surface area contributed by atoms with E-state index in [-0.39, 0.29) is 30.3 Å². The van der Waals surface area contributed by atoms with Gasteiger partial charge in [0.2, 0.25) is 12.1 Å². The molecule has 3 heterocycles. The molecule has 2 saturated heterocycles. The summed E-state index contributed by atoms with van der Waals surface area (Å²) >= 11 is 1.02. The number of nitroso groups, excluding NO2 is 1. The van der Waals surface area contributed by atoms with Gasteiger partial charge in [0.15, 0.2) is 5.13 Å². The number of hydrogen-bond acceptors (Lipinski definition) is 12. The topological polar surface area (TPSA) is 180 Å². The number of nitrogens with two attached hydrogens (primary N) is 1. The van der Waals surface area contributed by atoms with Crippen molar-refractivity contribution >= 4 is 40.2 Å². The van der Waals surface area contributed by atoms with Gasteiger partial charge in [0, 0.05) is 18.2 Å². The number of carbonyl (C=O) groups excluding carboxylic acids is 4. The molecule has 0 saturated carbocycles. The lowest BCUT2D eigenvalue weighted by Crippen LogP contribution is -2.45. The molecular formula is C13H13N5O8S. The van der Waals surface area contributed by atoms with Crippen LogP contribution in [0, 0.1) is 4.91 Å². The quantitative estimate of drug-likeness (QED) is 0.443. The average molecular weight is 399 g/mol. The minimum absolute atomic E-state index is 0.0442. The summed E-state index contributed by atoms with van der Waals surface area (Å²) in [6.45, 7) is -0.340. The lowest BCUT2D eigenvalue weighted by Gasteiger charge is -2.15. The zero-order valence-electron chi connectivity index (χ0n) is 13.5. The Hall–Kier alpha value is -3.13. The molecule has 2 aliphatic rings. The van der Waals surface area contributed by atoms with Crippen molar-refractivity contribution in [3.8, 4) is 0 Å². The summed E-state index contributed by atoms with van der Waals surface area (Å²) in [7, 11) is 0. The van der Waals surface area contributed by atoms with Gasteiger partial charge < -0.3 is 20.6 Å². The van der Waals surface area contributed by atoms with Gasteiger partial charge >= 0.3 is 17.8 Å². The number of thiazole rings is 1. The second kappa shape index (κ2) is 7.63. The van der Waals surface area contributed by atoms with E-state index >= 15 is 0 Å². The van der Waals surface area contributed by atoms with Gasteiger partial charge in [-0.1, -0.05) is 0 Å². The van der Waals surface area contributed by atoms with Crippen LogP contribution in [0.15, 0.2) is 10.6 Å². The fourth-order valence-electron chi connectivity index (χ4n) is 2.32. The Morgan fingerprint density at radius 1 is 1.48 bits per heavy atom. The van der Waals surface area contributed by atoms with Gasteiger partial charge in [-0.05, 0) is 10.4 Å². The molecule has 3 rings (SSSR count). The van der Waals surface area contributed by atoms with Crippen LogP contribution in [-0.4, -0.2) is 52.7 Å². The van der Waals surface area contributed by atoms with Crippen LogP contribution in [0.5, 0.6) is 0 Å². The molecule has 0 radical (unpaired) electrons. The Morgan fingerprint density at radius 3 is 2.85 bits per heavy atom. The largest absolute Gasteiger partial charge is 0.450 e. The van der Waals surface area contributed by atoms with Crippen LogP contribution in [0.3, 0.4) is 0 Å². The van der Waals surface area contributed by atoms with E-state index < -0.39 is 41.9 Å². The summed E-state index contributed by atoms with van der Waals surface area (Å²) in [5.41, 5.74) is 5.50. The Bertz CT molecular complexity index is 797. The summed E-state index contributed by atoms with van der Waals surface area (Å²) in [5.74, 6) is -3.31. The number of cyclic esters (lactones) is 1. The number of esters is 1. The summed E-state index contributed by atoms with van der Waals surface area (Å²) in [4.78, 5) is 71.6. The summed E-state index contributed by atoms with van der Waals surface area (Å²) < 4.78 is 4.72. The lowest BCUT2D eigenvalue weighted by atomic mass is 10.2. The van der Waals surface area contributed by atoms with Crippen LogP contribution in [-0.2, 0) is 33.6 Å². The van der Waals surface area contributed by atoms with Crippen LogP contribution in [0.2, 0.25) is 0 Å². The minimum Gasteiger partial charge on any atom is -0.450 e. The monoisotopic (exact) mass is 399 g/mol. The molecule has 14 heteroatoms. The molecule has 0 aromatic carbocycles. The maximum atomic E-state index is 12.2. The van der Waals surface area contributed by atoms with E-state index in [1.165, 1.54) is 5.38 Å². The Balaban J connectivity index is 1.56. The normalized spacial score (nSPS) is 23.0. The van der Waals surface area contributed by atoms with Crippen LogP contribution in [0.25, 0.3) is 0 Å². The predicted molar refractivity (Wildman–Crippen MR) is 85.0 cm³/mol. The summed E-state index contributed by atoms with van der Waals surface area (Å²) in [6, 6.07) is -2.71. The number of ether oxygens (including phenoxy) is 1. The number of amides is 2. The molecule has 0 aliphatic carbocycles. The van der Waals surface area contributed by atoms with Crippen LogP contribution in [0.1, 0.15) is 24.6 Å². The van der Waals surface area contributed by atoms with Crippen molar-refractivity contribution in [3.05, 3.63) is 16.0 Å². The van der Waals surface area contributed by atoms with Gasteiger partial charge in [0.25, 0.3) is 5.91 Å². The number of nitrogens with one attached hydrogen (secondary N) is 1. The smallest absolute Gasteiger partial charge is 0.375 e. The van der Waals surface area contributed by atoms with E-state index in [1.54, 1.807) is 0 Å².